The summed E-state index contributed by atoms with van der Waals surface area (Å²) in [5, 5.41) is 8.59. The van der Waals surface area contributed by atoms with Crippen LogP contribution < -0.4 is 11.2 Å². The summed E-state index contributed by atoms with van der Waals surface area (Å²) in [6, 6.07) is -0.203. The molecule has 0 aliphatic carbocycles. The van der Waals surface area contributed by atoms with Crippen molar-refractivity contribution >= 4 is 21.9 Å². The van der Waals surface area contributed by atoms with Gasteiger partial charge in [0.1, 0.15) is 4.47 Å². The smallest absolute Gasteiger partial charge is 0.328 e. The molecule has 1 aromatic heterocycles. The average Bonchev–Trinajstić information content (AvgIpc) is 2.31. The SMILES string of the molecule is CCC(C)n1c(=O)[nH]c(CCC(=O)O)c(Br)c1=O. The number of aryl methyl sites for hydroxylation is 1. The zero-order valence-corrected chi connectivity index (χ0v) is 11.8. The number of carboxylic acids is 1. The minimum Gasteiger partial charge on any atom is -0.481 e. The van der Waals surface area contributed by atoms with Crippen molar-refractivity contribution in [1.29, 1.82) is 0 Å². The van der Waals surface area contributed by atoms with Gasteiger partial charge in [-0.2, -0.15) is 0 Å². The topological polar surface area (TPSA) is 92.2 Å². The summed E-state index contributed by atoms with van der Waals surface area (Å²) in [4.78, 5) is 36.8. The van der Waals surface area contributed by atoms with Crippen molar-refractivity contribution in [1.82, 2.24) is 9.55 Å². The maximum atomic E-state index is 12.0. The number of carboxylic acid groups (broad SMARTS) is 1. The molecule has 0 bridgehead atoms. The Balaban J connectivity index is 3.25. The molecule has 0 aliphatic heterocycles. The first-order valence-corrected chi connectivity index (χ1v) is 6.42. The van der Waals surface area contributed by atoms with E-state index in [4.69, 9.17) is 5.11 Å². The van der Waals surface area contributed by atoms with Crippen LogP contribution in [0.2, 0.25) is 0 Å². The Labute approximate surface area is 112 Å². The van der Waals surface area contributed by atoms with E-state index in [0.29, 0.717) is 12.1 Å². The maximum absolute atomic E-state index is 12.0. The molecule has 0 radical (unpaired) electrons. The summed E-state index contributed by atoms with van der Waals surface area (Å²) in [5.74, 6) is -0.978. The highest BCUT2D eigenvalue weighted by Gasteiger charge is 2.15. The Morgan fingerprint density at radius 1 is 1.50 bits per heavy atom. The summed E-state index contributed by atoms with van der Waals surface area (Å²) in [5.41, 5.74) is -0.599. The van der Waals surface area contributed by atoms with Crippen molar-refractivity contribution < 1.29 is 9.90 Å². The monoisotopic (exact) mass is 318 g/mol. The number of halogens is 1. The van der Waals surface area contributed by atoms with Crippen LogP contribution in [0.15, 0.2) is 14.1 Å². The van der Waals surface area contributed by atoms with Crippen LogP contribution in [0.4, 0.5) is 0 Å². The Morgan fingerprint density at radius 3 is 2.61 bits per heavy atom. The second kappa shape index (κ2) is 5.99. The highest BCUT2D eigenvalue weighted by atomic mass is 79.9. The van der Waals surface area contributed by atoms with Gasteiger partial charge in [0, 0.05) is 11.7 Å². The van der Waals surface area contributed by atoms with E-state index in [1.807, 2.05) is 6.92 Å². The normalized spacial score (nSPS) is 12.4. The summed E-state index contributed by atoms with van der Waals surface area (Å²) in [6.07, 6.45) is 0.632. The van der Waals surface area contributed by atoms with E-state index < -0.39 is 17.2 Å². The third-order valence-electron chi connectivity index (χ3n) is 2.77. The molecule has 0 saturated heterocycles. The molecule has 1 atom stereocenters. The van der Waals surface area contributed by atoms with Gasteiger partial charge in [0.25, 0.3) is 5.56 Å². The molecule has 1 heterocycles. The van der Waals surface area contributed by atoms with Crippen LogP contribution in [-0.4, -0.2) is 20.6 Å². The Bertz CT molecular complexity index is 561. The third kappa shape index (κ3) is 3.10. The van der Waals surface area contributed by atoms with E-state index in [1.165, 1.54) is 0 Å². The van der Waals surface area contributed by atoms with E-state index in [9.17, 15) is 14.4 Å². The number of nitrogens with one attached hydrogen (secondary N) is 1. The molecule has 0 aromatic carbocycles. The van der Waals surface area contributed by atoms with Crippen molar-refractivity contribution in [3.63, 3.8) is 0 Å². The molecule has 0 aliphatic rings. The first-order chi connectivity index (χ1) is 8.38. The Hall–Kier alpha value is -1.37. The standard InChI is InChI=1S/C11H15BrN2O4/c1-3-6(2)14-10(17)9(12)7(13-11(14)18)4-5-8(15)16/h6H,3-5H2,1-2H3,(H,13,18)(H,15,16). The van der Waals surface area contributed by atoms with E-state index in [-0.39, 0.29) is 23.4 Å². The number of aromatic amines is 1. The van der Waals surface area contributed by atoms with Crippen LogP contribution >= 0.6 is 15.9 Å². The van der Waals surface area contributed by atoms with Gasteiger partial charge in [-0.15, -0.1) is 0 Å². The Morgan fingerprint density at radius 2 is 2.11 bits per heavy atom. The molecule has 0 saturated carbocycles. The first-order valence-electron chi connectivity index (χ1n) is 5.63. The minimum atomic E-state index is -0.978. The third-order valence-corrected chi connectivity index (χ3v) is 3.59. The van der Waals surface area contributed by atoms with Crippen LogP contribution in [0.5, 0.6) is 0 Å². The number of aromatic nitrogens is 2. The molecule has 1 aromatic rings. The molecule has 6 nitrogen and oxygen atoms in total. The van der Waals surface area contributed by atoms with E-state index in [2.05, 4.69) is 20.9 Å². The van der Waals surface area contributed by atoms with Crippen LogP contribution in [-0.2, 0) is 11.2 Å². The van der Waals surface area contributed by atoms with Gasteiger partial charge in [0.2, 0.25) is 0 Å². The predicted octanol–water partition coefficient (Wildman–Crippen LogP) is 1.29. The summed E-state index contributed by atoms with van der Waals surface area (Å²) in [6.45, 7) is 3.66. The van der Waals surface area contributed by atoms with E-state index >= 15 is 0 Å². The fourth-order valence-electron chi connectivity index (χ4n) is 1.56. The van der Waals surface area contributed by atoms with E-state index in [0.717, 1.165) is 4.57 Å². The van der Waals surface area contributed by atoms with Gasteiger partial charge in [-0.05, 0) is 35.7 Å². The summed E-state index contributed by atoms with van der Waals surface area (Å²) < 4.78 is 1.36. The highest BCUT2D eigenvalue weighted by molar-refractivity contribution is 9.10. The molecule has 0 amide bonds. The van der Waals surface area contributed by atoms with E-state index in [1.54, 1.807) is 6.92 Å². The summed E-state index contributed by atoms with van der Waals surface area (Å²) >= 11 is 3.12. The number of aliphatic carboxylic acids is 1. The van der Waals surface area contributed by atoms with Crippen molar-refractivity contribution in [3.8, 4) is 0 Å². The molecular formula is C11H15BrN2O4. The molecule has 100 valence electrons. The van der Waals surface area contributed by atoms with Crippen LogP contribution in [0.25, 0.3) is 0 Å². The van der Waals surface area contributed by atoms with Gasteiger partial charge in [0.15, 0.2) is 0 Å². The molecule has 2 N–H and O–H groups in total. The number of hydrogen-bond donors (Lipinski definition) is 2. The first kappa shape index (κ1) is 14.7. The number of rotatable bonds is 5. The lowest BCUT2D eigenvalue weighted by atomic mass is 10.2. The quantitative estimate of drug-likeness (QED) is 0.855. The van der Waals surface area contributed by atoms with Crippen molar-refractivity contribution in [3.05, 3.63) is 31.0 Å². The van der Waals surface area contributed by atoms with Gasteiger partial charge in [-0.3, -0.25) is 14.2 Å². The van der Waals surface area contributed by atoms with Crippen LogP contribution in [0.1, 0.15) is 38.4 Å². The Kier molecular flexibility index (Phi) is 4.89. The molecule has 1 rings (SSSR count). The number of hydrogen-bond acceptors (Lipinski definition) is 3. The van der Waals surface area contributed by atoms with Gasteiger partial charge in [-0.1, -0.05) is 6.92 Å². The highest BCUT2D eigenvalue weighted by Crippen LogP contribution is 2.12. The van der Waals surface area contributed by atoms with Crippen molar-refractivity contribution in [2.24, 2.45) is 0 Å². The van der Waals surface area contributed by atoms with Crippen LogP contribution in [0.3, 0.4) is 0 Å². The second-order valence-electron chi connectivity index (χ2n) is 4.05. The molecule has 0 spiro atoms. The minimum absolute atomic E-state index is 0.113. The predicted molar refractivity (Wildman–Crippen MR) is 70.0 cm³/mol. The van der Waals surface area contributed by atoms with Crippen LogP contribution in [0, 0.1) is 0 Å². The van der Waals surface area contributed by atoms with Crippen molar-refractivity contribution in [2.45, 2.75) is 39.2 Å². The molecule has 0 fully saturated rings. The second-order valence-corrected chi connectivity index (χ2v) is 4.84. The largest absolute Gasteiger partial charge is 0.481 e. The molecule has 7 heteroatoms. The molecule has 1 unspecified atom stereocenters. The lowest BCUT2D eigenvalue weighted by molar-refractivity contribution is -0.136. The zero-order valence-electron chi connectivity index (χ0n) is 10.2. The number of nitrogens with zero attached hydrogens (tertiary/aromatic N) is 1. The van der Waals surface area contributed by atoms with Gasteiger partial charge in [-0.25, -0.2) is 4.79 Å². The van der Waals surface area contributed by atoms with Gasteiger partial charge >= 0.3 is 11.7 Å². The maximum Gasteiger partial charge on any atom is 0.328 e. The summed E-state index contributed by atoms with van der Waals surface area (Å²) in [7, 11) is 0. The van der Waals surface area contributed by atoms with Gasteiger partial charge < -0.3 is 10.1 Å². The van der Waals surface area contributed by atoms with Gasteiger partial charge in [0.05, 0.1) is 6.42 Å². The number of carbonyl (C=O) groups is 1. The fraction of sp³-hybridized carbons (Fsp3) is 0.545. The zero-order chi connectivity index (χ0) is 13.9. The number of H-pyrrole nitrogens is 1. The lowest BCUT2D eigenvalue weighted by Crippen LogP contribution is -2.38. The molecule has 18 heavy (non-hydrogen) atoms. The lowest BCUT2D eigenvalue weighted by Gasteiger charge is -2.13. The van der Waals surface area contributed by atoms with Crippen molar-refractivity contribution in [2.75, 3.05) is 0 Å². The molecular weight excluding hydrogens is 304 g/mol. The fourth-order valence-corrected chi connectivity index (χ4v) is 2.05. The average molecular weight is 319 g/mol.